The van der Waals surface area contributed by atoms with Gasteiger partial charge in [0.2, 0.25) is 10.0 Å². The second-order valence-corrected chi connectivity index (χ2v) is 3.93. The molecule has 11 heavy (non-hydrogen) atoms. The molecule has 0 heterocycles. The van der Waals surface area contributed by atoms with E-state index in [0.29, 0.717) is 0 Å². The van der Waals surface area contributed by atoms with Gasteiger partial charge in [0.15, 0.2) is 0 Å². The average Bonchev–Trinajstić information content (AvgIpc) is 1.56. The summed E-state index contributed by atoms with van der Waals surface area (Å²) in [6.07, 6.45) is -4.49. The zero-order chi connectivity index (χ0) is 9.28. The molecule has 0 aromatic carbocycles. The Kier molecular flexibility index (Phi) is 2.90. The summed E-state index contributed by atoms with van der Waals surface area (Å²) in [6.45, 7) is 0.768. The average molecular weight is 191 g/mol. The Morgan fingerprint density at radius 1 is 1.45 bits per heavy atom. The van der Waals surface area contributed by atoms with E-state index in [1.165, 1.54) is 0 Å². The number of primary sulfonamides is 1. The van der Waals surface area contributed by atoms with E-state index in [4.69, 9.17) is 0 Å². The topological polar surface area (TPSA) is 60.2 Å². The van der Waals surface area contributed by atoms with E-state index in [1.807, 2.05) is 0 Å². The predicted molar refractivity (Wildman–Crippen MR) is 33.2 cm³/mol. The third kappa shape index (κ3) is 5.02. The van der Waals surface area contributed by atoms with E-state index in [9.17, 15) is 21.6 Å². The Balaban J connectivity index is 4.21. The van der Waals surface area contributed by atoms with Crippen molar-refractivity contribution in [2.45, 2.75) is 13.1 Å². The standard InChI is InChI=1S/C4H8F3NO2S/c1-3(4(5,6)7)2-11(8,9)10/h3H,2H2,1H3,(H2,8,9,10). The van der Waals surface area contributed by atoms with Crippen LogP contribution < -0.4 is 5.14 Å². The molecule has 0 aliphatic carbocycles. The molecule has 0 aromatic heterocycles. The van der Waals surface area contributed by atoms with Crippen molar-refractivity contribution in [3.63, 3.8) is 0 Å². The number of alkyl halides is 3. The first-order chi connectivity index (χ1) is 4.63. The summed E-state index contributed by atoms with van der Waals surface area (Å²) < 4.78 is 55.3. The molecule has 0 amide bonds. The van der Waals surface area contributed by atoms with Crippen molar-refractivity contribution in [1.82, 2.24) is 0 Å². The van der Waals surface area contributed by atoms with Gasteiger partial charge in [-0.3, -0.25) is 0 Å². The monoisotopic (exact) mass is 191 g/mol. The van der Waals surface area contributed by atoms with Crippen molar-refractivity contribution < 1.29 is 21.6 Å². The molecule has 68 valence electrons. The highest BCUT2D eigenvalue weighted by atomic mass is 32.2. The fourth-order valence-corrected chi connectivity index (χ4v) is 1.33. The first-order valence-electron chi connectivity index (χ1n) is 2.70. The largest absolute Gasteiger partial charge is 0.392 e. The van der Waals surface area contributed by atoms with Crippen LogP contribution in [0.3, 0.4) is 0 Å². The molecule has 7 heteroatoms. The number of halogens is 3. The predicted octanol–water partition coefficient (Wildman–Crippen LogP) is 0.473. The van der Waals surface area contributed by atoms with Gasteiger partial charge >= 0.3 is 6.18 Å². The lowest BCUT2D eigenvalue weighted by Crippen LogP contribution is -2.30. The zero-order valence-corrected chi connectivity index (χ0v) is 6.54. The van der Waals surface area contributed by atoms with Crippen LogP contribution in [-0.4, -0.2) is 20.3 Å². The van der Waals surface area contributed by atoms with Gasteiger partial charge in [0, 0.05) is 0 Å². The van der Waals surface area contributed by atoms with E-state index in [2.05, 4.69) is 5.14 Å². The molecule has 3 nitrogen and oxygen atoms in total. The summed E-state index contributed by atoms with van der Waals surface area (Å²) in [5, 5.41) is 4.41. The molecule has 0 rings (SSSR count). The van der Waals surface area contributed by atoms with E-state index >= 15 is 0 Å². The Bertz CT molecular complexity index is 220. The summed E-state index contributed by atoms with van der Waals surface area (Å²) in [5.41, 5.74) is 0. The highest BCUT2D eigenvalue weighted by molar-refractivity contribution is 7.89. The van der Waals surface area contributed by atoms with Crippen LogP contribution in [0.1, 0.15) is 6.92 Å². The summed E-state index contributed by atoms with van der Waals surface area (Å²) in [5.74, 6) is -2.96. The van der Waals surface area contributed by atoms with Gasteiger partial charge in [-0.15, -0.1) is 0 Å². The van der Waals surface area contributed by atoms with Gasteiger partial charge < -0.3 is 0 Å². The molecule has 1 atom stereocenters. The molecule has 0 radical (unpaired) electrons. The van der Waals surface area contributed by atoms with Gasteiger partial charge in [-0.05, 0) is 0 Å². The lowest BCUT2D eigenvalue weighted by Gasteiger charge is -2.13. The fraction of sp³-hybridized carbons (Fsp3) is 1.00. The first kappa shape index (κ1) is 10.7. The SMILES string of the molecule is CC(CS(N)(=O)=O)C(F)(F)F. The van der Waals surface area contributed by atoms with Crippen molar-refractivity contribution in [3.8, 4) is 0 Å². The molecule has 0 aliphatic heterocycles. The number of rotatable bonds is 2. The van der Waals surface area contributed by atoms with Crippen molar-refractivity contribution in [1.29, 1.82) is 0 Å². The fourth-order valence-electron chi connectivity index (χ4n) is 0.443. The Morgan fingerprint density at radius 2 is 1.82 bits per heavy atom. The van der Waals surface area contributed by atoms with Crippen LogP contribution in [0.15, 0.2) is 0 Å². The maximum absolute atomic E-state index is 11.7. The van der Waals surface area contributed by atoms with E-state index < -0.39 is 27.9 Å². The number of sulfonamides is 1. The molecule has 1 unspecified atom stereocenters. The second kappa shape index (κ2) is 2.98. The normalized spacial score (nSPS) is 16.5. The van der Waals surface area contributed by atoms with E-state index in [-0.39, 0.29) is 0 Å². The Labute approximate surface area is 62.4 Å². The molecule has 0 saturated heterocycles. The number of hydrogen-bond acceptors (Lipinski definition) is 2. The van der Waals surface area contributed by atoms with E-state index in [1.54, 1.807) is 0 Å². The van der Waals surface area contributed by atoms with Gasteiger partial charge in [-0.25, -0.2) is 13.6 Å². The zero-order valence-electron chi connectivity index (χ0n) is 5.72. The number of hydrogen-bond donors (Lipinski definition) is 1. The molecule has 0 bridgehead atoms. The van der Waals surface area contributed by atoms with Gasteiger partial charge in [-0.1, -0.05) is 6.92 Å². The minimum absolute atomic E-state index is 0.768. The first-order valence-corrected chi connectivity index (χ1v) is 4.41. The minimum atomic E-state index is -4.49. The lowest BCUT2D eigenvalue weighted by molar-refractivity contribution is -0.163. The minimum Gasteiger partial charge on any atom is -0.229 e. The van der Waals surface area contributed by atoms with Gasteiger partial charge in [0.05, 0.1) is 11.7 Å². The van der Waals surface area contributed by atoms with Crippen LogP contribution in [0.25, 0.3) is 0 Å². The molecular formula is C4H8F3NO2S. The van der Waals surface area contributed by atoms with Crippen LogP contribution in [0.2, 0.25) is 0 Å². The third-order valence-electron chi connectivity index (χ3n) is 1.04. The van der Waals surface area contributed by atoms with Crippen LogP contribution in [0.4, 0.5) is 13.2 Å². The molecule has 0 aliphatic rings. The Hall–Kier alpha value is -0.300. The summed E-state index contributed by atoms with van der Waals surface area (Å²) >= 11 is 0. The van der Waals surface area contributed by atoms with Crippen molar-refractivity contribution in [3.05, 3.63) is 0 Å². The molecule has 0 saturated carbocycles. The van der Waals surface area contributed by atoms with Crippen LogP contribution in [0.5, 0.6) is 0 Å². The summed E-state index contributed by atoms with van der Waals surface area (Å²) in [4.78, 5) is 0. The van der Waals surface area contributed by atoms with Crippen molar-refractivity contribution >= 4 is 10.0 Å². The summed E-state index contributed by atoms with van der Waals surface area (Å²) in [6, 6.07) is 0. The molecule has 0 spiro atoms. The molecule has 2 N–H and O–H groups in total. The second-order valence-electron chi connectivity index (χ2n) is 2.27. The third-order valence-corrected chi connectivity index (χ3v) is 2.01. The number of nitrogens with two attached hydrogens (primary N) is 1. The smallest absolute Gasteiger partial charge is 0.229 e. The van der Waals surface area contributed by atoms with Crippen LogP contribution >= 0.6 is 0 Å². The van der Waals surface area contributed by atoms with Crippen LogP contribution in [-0.2, 0) is 10.0 Å². The maximum Gasteiger partial charge on any atom is 0.392 e. The molecular weight excluding hydrogens is 183 g/mol. The quantitative estimate of drug-likeness (QED) is 0.689. The highest BCUT2D eigenvalue weighted by Gasteiger charge is 2.37. The summed E-state index contributed by atoms with van der Waals surface area (Å²) in [7, 11) is -4.03. The maximum atomic E-state index is 11.7. The molecule has 0 fully saturated rings. The van der Waals surface area contributed by atoms with Crippen LogP contribution in [0, 0.1) is 5.92 Å². The highest BCUT2D eigenvalue weighted by Crippen LogP contribution is 2.26. The van der Waals surface area contributed by atoms with E-state index in [0.717, 1.165) is 6.92 Å². The van der Waals surface area contributed by atoms with Crippen molar-refractivity contribution in [2.24, 2.45) is 11.1 Å². The Morgan fingerprint density at radius 3 is 1.91 bits per heavy atom. The van der Waals surface area contributed by atoms with Gasteiger partial charge in [0.1, 0.15) is 0 Å². The van der Waals surface area contributed by atoms with Gasteiger partial charge in [-0.2, -0.15) is 13.2 Å². The van der Waals surface area contributed by atoms with Crippen molar-refractivity contribution in [2.75, 3.05) is 5.75 Å². The van der Waals surface area contributed by atoms with Gasteiger partial charge in [0.25, 0.3) is 0 Å². The lowest BCUT2D eigenvalue weighted by atomic mass is 10.2. The molecule has 0 aromatic rings.